The van der Waals surface area contributed by atoms with Crippen molar-refractivity contribution in [3.63, 3.8) is 0 Å². The van der Waals surface area contributed by atoms with Crippen molar-refractivity contribution in [1.82, 2.24) is 5.32 Å². The van der Waals surface area contributed by atoms with E-state index in [-0.39, 0.29) is 18.6 Å². The summed E-state index contributed by atoms with van der Waals surface area (Å²) >= 11 is 0. The molecule has 0 aliphatic heterocycles. The van der Waals surface area contributed by atoms with E-state index in [1.165, 1.54) is 6.92 Å². The standard InChI is InChI=1S/C16H18F3NO5/c1-3-25-12(21)7-9(2)13(15(23)24)20-14(22)10-5-4-6-11(8-10)16(17,18)19/h4-6,8-9,13H,3,7H2,1-2H3,(H,20,22)(H,23,24)/t9-,13+/m1/s1. The van der Waals surface area contributed by atoms with E-state index < -0.39 is 41.5 Å². The van der Waals surface area contributed by atoms with Crippen molar-refractivity contribution in [2.24, 2.45) is 5.92 Å². The summed E-state index contributed by atoms with van der Waals surface area (Å²) in [6.07, 6.45) is -4.88. The first-order chi connectivity index (χ1) is 11.6. The average Bonchev–Trinajstić information content (AvgIpc) is 2.51. The lowest BCUT2D eigenvalue weighted by molar-refractivity contribution is -0.146. The van der Waals surface area contributed by atoms with Crippen LogP contribution < -0.4 is 5.32 Å². The number of aliphatic carboxylic acids is 1. The highest BCUT2D eigenvalue weighted by molar-refractivity contribution is 5.96. The van der Waals surface area contributed by atoms with Crippen LogP contribution in [0.5, 0.6) is 0 Å². The number of carbonyl (C=O) groups is 3. The zero-order valence-electron chi connectivity index (χ0n) is 13.6. The van der Waals surface area contributed by atoms with Gasteiger partial charge in [0, 0.05) is 5.56 Å². The molecule has 0 aliphatic carbocycles. The van der Waals surface area contributed by atoms with Crippen LogP contribution in [0.2, 0.25) is 0 Å². The predicted molar refractivity (Wildman–Crippen MR) is 80.7 cm³/mol. The minimum atomic E-state index is -4.63. The number of hydrogen-bond acceptors (Lipinski definition) is 4. The number of alkyl halides is 3. The van der Waals surface area contributed by atoms with Crippen LogP contribution in [-0.2, 0) is 20.5 Å². The molecule has 1 rings (SSSR count). The SMILES string of the molecule is CCOC(=O)C[C@@H](C)[C@H](NC(=O)c1cccc(C(F)(F)F)c1)C(=O)O. The first-order valence-corrected chi connectivity index (χ1v) is 7.42. The number of amides is 1. The fourth-order valence-electron chi connectivity index (χ4n) is 2.11. The van der Waals surface area contributed by atoms with Crippen LogP contribution in [-0.4, -0.2) is 35.6 Å². The highest BCUT2D eigenvalue weighted by atomic mass is 19.4. The summed E-state index contributed by atoms with van der Waals surface area (Å²) in [5.74, 6) is -3.83. The molecule has 0 heterocycles. The lowest BCUT2D eigenvalue weighted by atomic mass is 9.97. The molecular formula is C16H18F3NO5. The molecule has 0 spiro atoms. The average molecular weight is 361 g/mol. The molecule has 0 fully saturated rings. The van der Waals surface area contributed by atoms with Crippen molar-refractivity contribution >= 4 is 17.8 Å². The highest BCUT2D eigenvalue weighted by Gasteiger charge is 2.32. The van der Waals surface area contributed by atoms with Crippen LogP contribution in [0.3, 0.4) is 0 Å². The Kier molecular flexibility index (Phi) is 6.96. The Labute approximate surface area is 142 Å². The summed E-state index contributed by atoms with van der Waals surface area (Å²) in [6, 6.07) is 2.17. The molecule has 0 saturated heterocycles. The number of esters is 1. The van der Waals surface area contributed by atoms with Crippen LogP contribution >= 0.6 is 0 Å². The second-order valence-electron chi connectivity index (χ2n) is 5.35. The van der Waals surface area contributed by atoms with Crippen molar-refractivity contribution in [2.45, 2.75) is 32.5 Å². The van der Waals surface area contributed by atoms with Gasteiger partial charge in [0.2, 0.25) is 0 Å². The Balaban J connectivity index is 2.90. The Morgan fingerprint density at radius 3 is 2.44 bits per heavy atom. The largest absolute Gasteiger partial charge is 0.480 e. The molecule has 1 aromatic rings. The smallest absolute Gasteiger partial charge is 0.416 e. The predicted octanol–water partition coefficient (Wildman–Crippen LogP) is 2.48. The molecule has 25 heavy (non-hydrogen) atoms. The maximum absolute atomic E-state index is 12.7. The number of carboxylic acids is 1. The molecule has 138 valence electrons. The lowest BCUT2D eigenvalue weighted by Gasteiger charge is -2.21. The van der Waals surface area contributed by atoms with E-state index >= 15 is 0 Å². The number of carbonyl (C=O) groups excluding carboxylic acids is 2. The Morgan fingerprint density at radius 1 is 1.28 bits per heavy atom. The number of nitrogens with one attached hydrogen (secondary N) is 1. The van der Waals surface area contributed by atoms with Gasteiger partial charge >= 0.3 is 18.1 Å². The van der Waals surface area contributed by atoms with Gasteiger partial charge in [-0.1, -0.05) is 13.0 Å². The molecule has 6 nitrogen and oxygen atoms in total. The number of hydrogen-bond donors (Lipinski definition) is 2. The van der Waals surface area contributed by atoms with Gasteiger partial charge in [-0.05, 0) is 31.0 Å². The van der Waals surface area contributed by atoms with Crippen LogP contribution in [0.1, 0.15) is 36.2 Å². The Hall–Kier alpha value is -2.58. The number of rotatable bonds is 7. The van der Waals surface area contributed by atoms with Crippen molar-refractivity contribution < 1.29 is 37.4 Å². The molecular weight excluding hydrogens is 343 g/mol. The minimum Gasteiger partial charge on any atom is -0.480 e. The molecule has 0 aliphatic rings. The van der Waals surface area contributed by atoms with E-state index in [4.69, 9.17) is 4.74 Å². The maximum atomic E-state index is 12.7. The lowest BCUT2D eigenvalue weighted by Crippen LogP contribution is -2.45. The van der Waals surface area contributed by atoms with Crippen LogP contribution in [0, 0.1) is 5.92 Å². The molecule has 9 heteroatoms. The van der Waals surface area contributed by atoms with Gasteiger partial charge in [0.15, 0.2) is 0 Å². The zero-order chi connectivity index (χ0) is 19.2. The molecule has 1 amide bonds. The van der Waals surface area contributed by atoms with Gasteiger partial charge in [0.1, 0.15) is 6.04 Å². The van der Waals surface area contributed by atoms with E-state index in [9.17, 15) is 32.7 Å². The molecule has 0 unspecified atom stereocenters. The van der Waals surface area contributed by atoms with Gasteiger partial charge in [-0.3, -0.25) is 9.59 Å². The second-order valence-corrected chi connectivity index (χ2v) is 5.35. The number of carboxylic acid groups (broad SMARTS) is 1. The Bertz CT molecular complexity index is 645. The normalized spacial score (nSPS) is 13.6. The minimum absolute atomic E-state index is 0.125. The highest BCUT2D eigenvalue weighted by Crippen LogP contribution is 2.29. The third-order valence-corrected chi connectivity index (χ3v) is 3.37. The summed E-state index contributed by atoms with van der Waals surface area (Å²) in [5, 5.41) is 11.4. The maximum Gasteiger partial charge on any atom is 0.416 e. The molecule has 0 aromatic heterocycles. The van der Waals surface area contributed by atoms with Crippen molar-refractivity contribution in [2.75, 3.05) is 6.61 Å². The van der Waals surface area contributed by atoms with Gasteiger partial charge in [-0.2, -0.15) is 13.2 Å². The summed E-state index contributed by atoms with van der Waals surface area (Å²) < 4.78 is 42.8. The molecule has 2 N–H and O–H groups in total. The molecule has 2 atom stereocenters. The fourth-order valence-corrected chi connectivity index (χ4v) is 2.11. The number of benzene rings is 1. The molecule has 0 bridgehead atoms. The number of ether oxygens (including phenoxy) is 1. The summed E-state index contributed by atoms with van der Waals surface area (Å²) in [7, 11) is 0. The molecule has 0 saturated carbocycles. The molecule has 0 radical (unpaired) electrons. The quantitative estimate of drug-likeness (QED) is 0.728. The topological polar surface area (TPSA) is 92.7 Å². The molecule has 1 aromatic carbocycles. The van der Waals surface area contributed by atoms with Crippen LogP contribution in [0.15, 0.2) is 24.3 Å². The Morgan fingerprint density at radius 2 is 1.92 bits per heavy atom. The van der Waals surface area contributed by atoms with Gasteiger partial charge in [-0.15, -0.1) is 0 Å². The first kappa shape index (κ1) is 20.5. The van der Waals surface area contributed by atoms with E-state index in [0.717, 1.165) is 18.2 Å². The van der Waals surface area contributed by atoms with Crippen molar-refractivity contribution in [3.8, 4) is 0 Å². The first-order valence-electron chi connectivity index (χ1n) is 7.42. The summed E-state index contributed by atoms with van der Waals surface area (Å²) in [5.41, 5.74) is -1.35. The van der Waals surface area contributed by atoms with E-state index in [1.807, 2.05) is 0 Å². The third-order valence-electron chi connectivity index (χ3n) is 3.37. The number of halogens is 3. The zero-order valence-corrected chi connectivity index (χ0v) is 13.6. The van der Waals surface area contributed by atoms with E-state index in [1.54, 1.807) is 6.92 Å². The van der Waals surface area contributed by atoms with E-state index in [0.29, 0.717) is 6.07 Å². The van der Waals surface area contributed by atoms with Gasteiger partial charge in [-0.25, -0.2) is 4.79 Å². The second kappa shape index (κ2) is 8.50. The summed E-state index contributed by atoms with van der Waals surface area (Å²) in [4.78, 5) is 34.9. The van der Waals surface area contributed by atoms with Crippen LogP contribution in [0.4, 0.5) is 13.2 Å². The fraction of sp³-hybridized carbons (Fsp3) is 0.438. The van der Waals surface area contributed by atoms with Crippen molar-refractivity contribution in [1.29, 1.82) is 0 Å². The third kappa shape index (κ3) is 6.09. The van der Waals surface area contributed by atoms with Gasteiger partial charge < -0.3 is 15.2 Å². The monoisotopic (exact) mass is 361 g/mol. The van der Waals surface area contributed by atoms with E-state index in [2.05, 4.69) is 5.32 Å². The summed E-state index contributed by atoms with van der Waals surface area (Å²) in [6.45, 7) is 3.13. The van der Waals surface area contributed by atoms with Gasteiger partial charge in [0.05, 0.1) is 18.6 Å². The van der Waals surface area contributed by atoms with Crippen LogP contribution in [0.25, 0.3) is 0 Å². The van der Waals surface area contributed by atoms with Crippen molar-refractivity contribution in [3.05, 3.63) is 35.4 Å². The van der Waals surface area contributed by atoms with Gasteiger partial charge in [0.25, 0.3) is 5.91 Å².